The first-order chi connectivity index (χ1) is 8.48. The van der Waals surface area contributed by atoms with Crippen LogP contribution in [0.4, 0.5) is 0 Å². The highest BCUT2D eigenvalue weighted by Gasteiger charge is 2.20. The maximum absolute atomic E-state index is 11.8. The first kappa shape index (κ1) is 14.2. The van der Waals surface area contributed by atoms with E-state index in [1.165, 1.54) is 6.07 Å². The zero-order valence-corrected chi connectivity index (χ0v) is 10.7. The molecular formula is C14H18N2O2. The maximum atomic E-state index is 11.8. The Morgan fingerprint density at radius 2 is 2.28 bits per heavy atom. The van der Waals surface area contributed by atoms with Crippen molar-refractivity contribution in [2.24, 2.45) is 0 Å². The fourth-order valence-corrected chi connectivity index (χ4v) is 1.73. The molecule has 0 aromatic heterocycles. The number of aliphatic hydroxyl groups is 1. The lowest BCUT2D eigenvalue weighted by Crippen LogP contribution is -2.40. The lowest BCUT2D eigenvalue weighted by atomic mass is 10.0. The Kier molecular flexibility index (Phi) is 4.87. The van der Waals surface area contributed by atoms with Gasteiger partial charge in [0.15, 0.2) is 0 Å². The van der Waals surface area contributed by atoms with Gasteiger partial charge in [0.25, 0.3) is 5.91 Å². The third-order valence-corrected chi connectivity index (χ3v) is 2.67. The molecule has 2 N–H and O–H groups in total. The molecule has 1 amide bonds. The minimum Gasteiger partial charge on any atom is -0.388 e. The van der Waals surface area contributed by atoms with Crippen molar-refractivity contribution >= 4 is 5.91 Å². The molecule has 96 valence electrons. The third-order valence-electron chi connectivity index (χ3n) is 2.67. The molecule has 0 radical (unpaired) electrons. The molecule has 0 spiro atoms. The van der Waals surface area contributed by atoms with Crippen LogP contribution < -0.4 is 5.32 Å². The van der Waals surface area contributed by atoms with Crippen LogP contribution >= 0.6 is 0 Å². The first-order valence-corrected chi connectivity index (χ1v) is 5.99. The molecular weight excluding hydrogens is 228 g/mol. The average Bonchev–Trinajstić information content (AvgIpc) is 2.36. The van der Waals surface area contributed by atoms with Gasteiger partial charge in [-0.3, -0.25) is 4.79 Å². The zero-order valence-electron chi connectivity index (χ0n) is 10.7. The molecule has 0 heterocycles. The van der Waals surface area contributed by atoms with Crippen LogP contribution in [0.3, 0.4) is 0 Å². The number of amides is 1. The van der Waals surface area contributed by atoms with Gasteiger partial charge in [-0.15, -0.1) is 0 Å². The Balaban J connectivity index is 2.63. The summed E-state index contributed by atoms with van der Waals surface area (Å²) in [4.78, 5) is 11.8. The standard InChI is InChI=1S/C14H18N2O2/c1-3-7-14(2,18)10-16-13(17)12-6-4-5-11(8-12)9-15/h4-6,8,18H,3,7,10H2,1-2H3,(H,16,17). The number of nitrogens with zero attached hydrogens (tertiary/aromatic N) is 1. The Hall–Kier alpha value is -1.86. The van der Waals surface area contributed by atoms with Crippen LogP contribution in [0.2, 0.25) is 0 Å². The topological polar surface area (TPSA) is 73.1 Å². The second kappa shape index (κ2) is 6.18. The summed E-state index contributed by atoms with van der Waals surface area (Å²) in [6.45, 7) is 3.88. The molecule has 0 aliphatic heterocycles. The Morgan fingerprint density at radius 1 is 1.56 bits per heavy atom. The molecule has 4 nitrogen and oxygen atoms in total. The van der Waals surface area contributed by atoms with Gasteiger partial charge < -0.3 is 10.4 Å². The highest BCUT2D eigenvalue weighted by molar-refractivity contribution is 5.94. The molecule has 1 atom stereocenters. The summed E-state index contributed by atoms with van der Waals surface area (Å²) in [5.41, 5.74) is -0.0126. The van der Waals surface area contributed by atoms with Gasteiger partial charge in [-0.05, 0) is 31.5 Å². The van der Waals surface area contributed by atoms with Gasteiger partial charge in [0, 0.05) is 12.1 Å². The van der Waals surface area contributed by atoms with Crippen molar-refractivity contribution in [3.05, 3.63) is 35.4 Å². The van der Waals surface area contributed by atoms with E-state index in [2.05, 4.69) is 5.32 Å². The van der Waals surface area contributed by atoms with E-state index in [-0.39, 0.29) is 12.5 Å². The average molecular weight is 246 g/mol. The van der Waals surface area contributed by atoms with E-state index in [1.807, 2.05) is 13.0 Å². The molecule has 0 saturated carbocycles. The number of benzene rings is 1. The van der Waals surface area contributed by atoms with Crippen molar-refractivity contribution in [3.63, 3.8) is 0 Å². The highest BCUT2D eigenvalue weighted by atomic mass is 16.3. The lowest BCUT2D eigenvalue weighted by molar-refractivity contribution is 0.0469. The summed E-state index contributed by atoms with van der Waals surface area (Å²) in [5, 5.41) is 21.4. The molecule has 0 saturated heterocycles. The minimum atomic E-state index is -0.892. The summed E-state index contributed by atoms with van der Waals surface area (Å²) < 4.78 is 0. The summed E-state index contributed by atoms with van der Waals surface area (Å²) >= 11 is 0. The Morgan fingerprint density at radius 3 is 2.89 bits per heavy atom. The van der Waals surface area contributed by atoms with Gasteiger partial charge in [0.2, 0.25) is 0 Å². The summed E-state index contributed by atoms with van der Waals surface area (Å²) in [5.74, 6) is -0.275. The van der Waals surface area contributed by atoms with Gasteiger partial charge >= 0.3 is 0 Å². The quantitative estimate of drug-likeness (QED) is 0.832. The van der Waals surface area contributed by atoms with Crippen molar-refractivity contribution in [1.82, 2.24) is 5.32 Å². The fourth-order valence-electron chi connectivity index (χ4n) is 1.73. The van der Waals surface area contributed by atoms with Crippen molar-refractivity contribution in [2.75, 3.05) is 6.54 Å². The summed E-state index contributed by atoms with van der Waals surface area (Å²) in [6, 6.07) is 8.47. The van der Waals surface area contributed by atoms with Gasteiger partial charge in [0.05, 0.1) is 17.2 Å². The number of carbonyl (C=O) groups is 1. The molecule has 1 unspecified atom stereocenters. The van der Waals surface area contributed by atoms with Crippen LogP contribution in [-0.4, -0.2) is 23.2 Å². The fraction of sp³-hybridized carbons (Fsp3) is 0.429. The molecule has 0 aliphatic rings. The van der Waals surface area contributed by atoms with E-state index >= 15 is 0 Å². The van der Waals surface area contributed by atoms with Gasteiger partial charge in [-0.1, -0.05) is 19.4 Å². The minimum absolute atomic E-state index is 0.205. The molecule has 1 rings (SSSR count). The van der Waals surface area contributed by atoms with Crippen LogP contribution in [0, 0.1) is 11.3 Å². The van der Waals surface area contributed by atoms with Gasteiger partial charge in [0.1, 0.15) is 0 Å². The lowest BCUT2D eigenvalue weighted by Gasteiger charge is -2.22. The van der Waals surface area contributed by atoms with E-state index in [9.17, 15) is 9.90 Å². The second-order valence-corrected chi connectivity index (χ2v) is 4.62. The molecule has 0 bridgehead atoms. The van der Waals surface area contributed by atoms with Crippen LogP contribution in [-0.2, 0) is 0 Å². The SMILES string of the molecule is CCCC(C)(O)CNC(=O)c1cccc(C#N)c1. The molecule has 1 aromatic carbocycles. The Labute approximate surface area is 107 Å². The van der Waals surface area contributed by atoms with Crippen molar-refractivity contribution in [3.8, 4) is 6.07 Å². The van der Waals surface area contributed by atoms with Crippen molar-refractivity contribution in [1.29, 1.82) is 5.26 Å². The second-order valence-electron chi connectivity index (χ2n) is 4.62. The number of hydrogen-bond acceptors (Lipinski definition) is 3. The van der Waals surface area contributed by atoms with E-state index in [0.717, 1.165) is 6.42 Å². The normalized spacial score (nSPS) is 13.4. The molecule has 0 aliphatic carbocycles. The largest absolute Gasteiger partial charge is 0.388 e. The number of rotatable bonds is 5. The predicted octanol–water partition coefficient (Wildman–Crippen LogP) is 1.84. The van der Waals surface area contributed by atoms with Crippen molar-refractivity contribution in [2.45, 2.75) is 32.3 Å². The van der Waals surface area contributed by atoms with Gasteiger partial charge in [-0.25, -0.2) is 0 Å². The zero-order chi connectivity index (χ0) is 13.6. The molecule has 4 heteroatoms. The highest BCUT2D eigenvalue weighted by Crippen LogP contribution is 2.11. The smallest absolute Gasteiger partial charge is 0.251 e. The third kappa shape index (κ3) is 4.19. The number of hydrogen-bond donors (Lipinski definition) is 2. The van der Waals surface area contributed by atoms with Crippen LogP contribution in [0.1, 0.15) is 42.6 Å². The molecule has 18 heavy (non-hydrogen) atoms. The molecule has 1 aromatic rings. The van der Waals surface area contributed by atoms with E-state index in [1.54, 1.807) is 25.1 Å². The van der Waals surface area contributed by atoms with Gasteiger partial charge in [-0.2, -0.15) is 5.26 Å². The number of carbonyl (C=O) groups excluding carboxylic acids is 1. The number of nitrogens with one attached hydrogen (secondary N) is 1. The van der Waals surface area contributed by atoms with Crippen molar-refractivity contribution < 1.29 is 9.90 Å². The summed E-state index contributed by atoms with van der Waals surface area (Å²) in [6.07, 6.45) is 1.48. The maximum Gasteiger partial charge on any atom is 0.251 e. The number of nitriles is 1. The predicted molar refractivity (Wildman–Crippen MR) is 69.0 cm³/mol. The first-order valence-electron chi connectivity index (χ1n) is 5.99. The monoisotopic (exact) mass is 246 g/mol. The van der Waals surface area contributed by atoms with E-state index in [0.29, 0.717) is 17.5 Å². The van der Waals surface area contributed by atoms with E-state index in [4.69, 9.17) is 5.26 Å². The van der Waals surface area contributed by atoms with Crippen LogP contribution in [0.25, 0.3) is 0 Å². The molecule has 0 fully saturated rings. The van der Waals surface area contributed by atoms with E-state index < -0.39 is 5.60 Å². The Bertz CT molecular complexity index is 461. The van der Waals surface area contributed by atoms with Crippen LogP contribution in [0.5, 0.6) is 0 Å². The summed E-state index contributed by atoms with van der Waals surface area (Å²) in [7, 11) is 0. The van der Waals surface area contributed by atoms with Crippen LogP contribution in [0.15, 0.2) is 24.3 Å².